The summed E-state index contributed by atoms with van der Waals surface area (Å²) >= 11 is 5.97. The number of hydrogen-bond donors (Lipinski definition) is 1. The highest BCUT2D eigenvalue weighted by Gasteiger charge is 2.15. The zero-order chi connectivity index (χ0) is 12.6. The van der Waals surface area contributed by atoms with Crippen molar-refractivity contribution in [3.63, 3.8) is 0 Å². The fourth-order valence-electron chi connectivity index (χ4n) is 1.61. The highest BCUT2D eigenvalue weighted by atomic mass is 35.5. The van der Waals surface area contributed by atoms with E-state index in [0.29, 0.717) is 16.3 Å². The number of nitrogen functional groups attached to an aromatic ring is 1. The molecule has 2 rings (SSSR count). The molecular formula is C12H9ClF2N2. The lowest BCUT2D eigenvalue weighted by molar-refractivity contribution is 0.607. The van der Waals surface area contributed by atoms with E-state index in [1.165, 1.54) is 12.3 Å². The van der Waals surface area contributed by atoms with Gasteiger partial charge in [0.25, 0.3) is 0 Å². The molecule has 1 aromatic heterocycles. The zero-order valence-corrected chi connectivity index (χ0v) is 9.72. The van der Waals surface area contributed by atoms with Gasteiger partial charge < -0.3 is 5.73 Å². The Bertz CT molecular complexity index is 565. The average Bonchev–Trinajstić information content (AvgIpc) is 2.25. The summed E-state index contributed by atoms with van der Waals surface area (Å²) < 4.78 is 27.1. The number of benzene rings is 1. The molecule has 2 N–H and O–H groups in total. The minimum atomic E-state index is -0.680. The summed E-state index contributed by atoms with van der Waals surface area (Å²) in [5.74, 6) is -1.30. The van der Waals surface area contributed by atoms with Crippen LogP contribution in [0.1, 0.15) is 5.69 Å². The van der Waals surface area contributed by atoms with E-state index in [1.54, 1.807) is 6.92 Å². The predicted octanol–water partition coefficient (Wildman–Crippen LogP) is 3.57. The zero-order valence-electron chi connectivity index (χ0n) is 8.97. The van der Waals surface area contributed by atoms with E-state index >= 15 is 0 Å². The number of aromatic nitrogens is 1. The monoisotopic (exact) mass is 254 g/mol. The van der Waals surface area contributed by atoms with Crippen molar-refractivity contribution < 1.29 is 8.78 Å². The minimum absolute atomic E-state index is 0.0623. The van der Waals surface area contributed by atoms with Crippen LogP contribution in [0.25, 0.3) is 11.1 Å². The van der Waals surface area contributed by atoms with Crippen LogP contribution in [0.5, 0.6) is 0 Å². The summed E-state index contributed by atoms with van der Waals surface area (Å²) in [7, 11) is 0. The summed E-state index contributed by atoms with van der Waals surface area (Å²) in [5, 5.41) is 0.320. The normalized spacial score (nSPS) is 10.6. The van der Waals surface area contributed by atoms with Gasteiger partial charge in [-0.2, -0.15) is 0 Å². The maximum absolute atomic E-state index is 13.7. The van der Waals surface area contributed by atoms with E-state index in [4.69, 9.17) is 17.3 Å². The van der Waals surface area contributed by atoms with Crippen LogP contribution in [0.4, 0.5) is 14.5 Å². The van der Waals surface area contributed by atoms with Crippen molar-refractivity contribution in [2.24, 2.45) is 0 Å². The number of anilines is 1. The van der Waals surface area contributed by atoms with Crippen LogP contribution in [0, 0.1) is 18.6 Å². The van der Waals surface area contributed by atoms with E-state index in [9.17, 15) is 8.78 Å². The molecule has 0 saturated carbocycles. The van der Waals surface area contributed by atoms with E-state index < -0.39 is 11.6 Å². The van der Waals surface area contributed by atoms with Gasteiger partial charge in [0.2, 0.25) is 0 Å². The average molecular weight is 255 g/mol. The van der Waals surface area contributed by atoms with Crippen LogP contribution >= 0.6 is 11.6 Å². The second-order valence-electron chi connectivity index (χ2n) is 3.61. The van der Waals surface area contributed by atoms with Gasteiger partial charge in [0.1, 0.15) is 11.6 Å². The molecule has 2 aromatic rings. The Morgan fingerprint density at radius 2 is 1.94 bits per heavy atom. The number of hydrogen-bond acceptors (Lipinski definition) is 2. The van der Waals surface area contributed by atoms with Crippen LogP contribution in [0.15, 0.2) is 24.4 Å². The Kier molecular flexibility index (Phi) is 2.98. The quantitative estimate of drug-likeness (QED) is 0.790. The van der Waals surface area contributed by atoms with Gasteiger partial charge in [-0.05, 0) is 19.1 Å². The van der Waals surface area contributed by atoms with E-state index in [0.717, 1.165) is 12.1 Å². The first-order valence-corrected chi connectivity index (χ1v) is 5.24. The number of pyridine rings is 1. The van der Waals surface area contributed by atoms with E-state index in [-0.39, 0.29) is 11.3 Å². The standard InChI is InChI=1S/C12H9ClF2N2/c1-6-12(8(13)2-3-17-6)7-4-10(15)11(16)5-9(7)14/h2-5H,16H2,1H3. The lowest BCUT2D eigenvalue weighted by Crippen LogP contribution is -1.97. The topological polar surface area (TPSA) is 38.9 Å². The van der Waals surface area contributed by atoms with Crippen LogP contribution in [-0.2, 0) is 0 Å². The van der Waals surface area contributed by atoms with Crippen LogP contribution in [0.2, 0.25) is 5.02 Å². The van der Waals surface area contributed by atoms with Crippen molar-refractivity contribution in [1.29, 1.82) is 0 Å². The number of nitrogens with two attached hydrogens (primary N) is 1. The molecule has 0 aliphatic carbocycles. The van der Waals surface area contributed by atoms with Crippen molar-refractivity contribution in [2.75, 3.05) is 5.73 Å². The largest absolute Gasteiger partial charge is 0.396 e. The third kappa shape index (κ3) is 2.08. The molecule has 0 saturated heterocycles. The van der Waals surface area contributed by atoms with Crippen molar-refractivity contribution in [1.82, 2.24) is 4.98 Å². The fourth-order valence-corrected chi connectivity index (χ4v) is 1.91. The Hall–Kier alpha value is -1.68. The maximum Gasteiger partial charge on any atom is 0.146 e. The van der Waals surface area contributed by atoms with Gasteiger partial charge in [-0.1, -0.05) is 11.6 Å². The highest BCUT2D eigenvalue weighted by Crippen LogP contribution is 2.33. The molecule has 88 valence electrons. The first-order chi connectivity index (χ1) is 8.00. The van der Waals surface area contributed by atoms with E-state index in [1.807, 2.05) is 0 Å². The number of halogens is 3. The van der Waals surface area contributed by atoms with Crippen LogP contribution in [-0.4, -0.2) is 4.98 Å². The first-order valence-electron chi connectivity index (χ1n) is 4.86. The molecule has 0 aliphatic heterocycles. The molecule has 0 radical (unpaired) electrons. The van der Waals surface area contributed by atoms with Gasteiger partial charge in [-0.25, -0.2) is 8.78 Å². The van der Waals surface area contributed by atoms with Gasteiger partial charge in [0.05, 0.1) is 10.7 Å². The molecule has 0 spiro atoms. The van der Waals surface area contributed by atoms with Crippen LogP contribution in [0.3, 0.4) is 0 Å². The fraction of sp³-hybridized carbons (Fsp3) is 0.0833. The molecule has 2 nitrogen and oxygen atoms in total. The Balaban J connectivity index is 2.73. The lowest BCUT2D eigenvalue weighted by Gasteiger charge is -2.09. The molecule has 1 aromatic carbocycles. The molecule has 0 amide bonds. The number of rotatable bonds is 1. The molecular weight excluding hydrogens is 246 g/mol. The van der Waals surface area contributed by atoms with Crippen molar-refractivity contribution >= 4 is 17.3 Å². The highest BCUT2D eigenvalue weighted by molar-refractivity contribution is 6.33. The molecule has 0 bridgehead atoms. The maximum atomic E-state index is 13.7. The molecule has 17 heavy (non-hydrogen) atoms. The Labute approximate surface area is 102 Å². The molecule has 5 heteroatoms. The Morgan fingerprint density at radius 1 is 1.24 bits per heavy atom. The lowest BCUT2D eigenvalue weighted by atomic mass is 10.0. The number of nitrogens with zero attached hydrogens (tertiary/aromatic N) is 1. The van der Waals surface area contributed by atoms with Gasteiger partial charge in [-0.3, -0.25) is 4.98 Å². The first kappa shape index (κ1) is 11.8. The summed E-state index contributed by atoms with van der Waals surface area (Å²) in [5.41, 5.74) is 6.02. The molecule has 0 atom stereocenters. The van der Waals surface area contributed by atoms with Gasteiger partial charge in [-0.15, -0.1) is 0 Å². The van der Waals surface area contributed by atoms with Gasteiger partial charge >= 0.3 is 0 Å². The SMILES string of the molecule is Cc1nccc(Cl)c1-c1cc(F)c(N)cc1F. The van der Waals surface area contributed by atoms with Gasteiger partial charge in [0.15, 0.2) is 0 Å². The third-order valence-electron chi connectivity index (χ3n) is 2.45. The summed E-state index contributed by atoms with van der Waals surface area (Å²) in [6.07, 6.45) is 1.51. The summed E-state index contributed by atoms with van der Waals surface area (Å²) in [4.78, 5) is 4.00. The van der Waals surface area contributed by atoms with Crippen molar-refractivity contribution in [2.45, 2.75) is 6.92 Å². The third-order valence-corrected chi connectivity index (χ3v) is 2.76. The number of aryl methyl sites for hydroxylation is 1. The predicted molar refractivity (Wildman–Crippen MR) is 63.7 cm³/mol. The molecule has 0 fully saturated rings. The smallest absolute Gasteiger partial charge is 0.146 e. The van der Waals surface area contributed by atoms with E-state index in [2.05, 4.69) is 4.98 Å². The molecule has 0 unspecified atom stereocenters. The second-order valence-corrected chi connectivity index (χ2v) is 4.01. The van der Waals surface area contributed by atoms with Crippen molar-refractivity contribution in [3.05, 3.63) is 46.7 Å². The van der Waals surface area contributed by atoms with Crippen molar-refractivity contribution in [3.8, 4) is 11.1 Å². The summed E-state index contributed by atoms with van der Waals surface area (Å²) in [6.45, 7) is 1.68. The van der Waals surface area contributed by atoms with Gasteiger partial charge in [0, 0.05) is 29.1 Å². The second kappa shape index (κ2) is 4.30. The molecule has 0 aliphatic rings. The van der Waals surface area contributed by atoms with Crippen LogP contribution < -0.4 is 5.73 Å². The summed E-state index contributed by atoms with van der Waals surface area (Å²) in [6, 6.07) is 3.49. The molecule has 1 heterocycles. The Morgan fingerprint density at radius 3 is 2.59 bits per heavy atom. The minimum Gasteiger partial charge on any atom is -0.396 e.